The highest BCUT2D eigenvalue weighted by molar-refractivity contribution is 7.99. The van der Waals surface area contributed by atoms with E-state index in [2.05, 4.69) is 17.6 Å². The second-order valence-electron chi connectivity index (χ2n) is 5.14. The summed E-state index contributed by atoms with van der Waals surface area (Å²) in [6.07, 6.45) is 3.70. The van der Waals surface area contributed by atoms with E-state index < -0.39 is 0 Å². The zero-order chi connectivity index (χ0) is 12.8. The van der Waals surface area contributed by atoms with Crippen molar-refractivity contribution in [3.63, 3.8) is 0 Å². The molecule has 1 aliphatic rings. The molecule has 4 heteroatoms. The first-order chi connectivity index (χ1) is 8.02. The Kier molecular flexibility index (Phi) is 6.34. The normalized spacial score (nSPS) is 26.2. The molecule has 1 amide bonds. The number of hydrogen-bond acceptors (Lipinski definition) is 3. The van der Waals surface area contributed by atoms with Crippen LogP contribution in [-0.2, 0) is 4.79 Å². The minimum absolute atomic E-state index is 0.0761. The van der Waals surface area contributed by atoms with E-state index >= 15 is 0 Å². The standard InChI is InChI=1S/C13H26N2OS/c1-5-17-12-7-6-11(8-12)15-10(4)13(16)14-9(2)3/h9-12,15H,5-8H2,1-4H3,(H,14,16). The summed E-state index contributed by atoms with van der Waals surface area (Å²) >= 11 is 2.05. The molecular weight excluding hydrogens is 232 g/mol. The minimum Gasteiger partial charge on any atom is -0.353 e. The van der Waals surface area contributed by atoms with Crippen molar-refractivity contribution in [2.75, 3.05) is 5.75 Å². The Labute approximate surface area is 109 Å². The van der Waals surface area contributed by atoms with Gasteiger partial charge in [0.1, 0.15) is 0 Å². The third-order valence-corrected chi connectivity index (χ3v) is 4.33. The quantitative estimate of drug-likeness (QED) is 0.767. The Morgan fingerprint density at radius 3 is 2.65 bits per heavy atom. The molecule has 1 aliphatic carbocycles. The third-order valence-electron chi connectivity index (χ3n) is 3.10. The molecule has 3 unspecified atom stereocenters. The number of hydrogen-bond donors (Lipinski definition) is 2. The van der Waals surface area contributed by atoms with Gasteiger partial charge in [-0.15, -0.1) is 0 Å². The molecule has 1 rings (SSSR count). The highest BCUT2D eigenvalue weighted by atomic mass is 32.2. The highest BCUT2D eigenvalue weighted by Gasteiger charge is 2.27. The van der Waals surface area contributed by atoms with Crippen LogP contribution in [-0.4, -0.2) is 35.0 Å². The molecule has 100 valence electrons. The van der Waals surface area contributed by atoms with E-state index in [0.717, 1.165) is 5.25 Å². The van der Waals surface area contributed by atoms with Gasteiger partial charge in [-0.05, 0) is 45.8 Å². The number of thioether (sulfide) groups is 1. The maximum Gasteiger partial charge on any atom is 0.237 e. The third kappa shape index (κ3) is 5.30. The predicted octanol–water partition coefficient (Wildman–Crippen LogP) is 2.16. The van der Waals surface area contributed by atoms with Crippen molar-refractivity contribution in [2.24, 2.45) is 0 Å². The smallest absolute Gasteiger partial charge is 0.237 e. The van der Waals surface area contributed by atoms with Gasteiger partial charge in [-0.25, -0.2) is 0 Å². The Balaban J connectivity index is 2.27. The number of amides is 1. The fourth-order valence-electron chi connectivity index (χ4n) is 2.32. The number of nitrogens with one attached hydrogen (secondary N) is 2. The van der Waals surface area contributed by atoms with Gasteiger partial charge in [0.05, 0.1) is 6.04 Å². The van der Waals surface area contributed by atoms with Crippen molar-refractivity contribution >= 4 is 17.7 Å². The van der Waals surface area contributed by atoms with E-state index in [4.69, 9.17) is 0 Å². The molecule has 1 saturated carbocycles. The van der Waals surface area contributed by atoms with Crippen LogP contribution in [0.15, 0.2) is 0 Å². The van der Waals surface area contributed by atoms with E-state index in [-0.39, 0.29) is 18.0 Å². The summed E-state index contributed by atoms with van der Waals surface area (Å²) in [6, 6.07) is 0.665. The molecule has 0 radical (unpaired) electrons. The summed E-state index contributed by atoms with van der Waals surface area (Å²) < 4.78 is 0. The molecule has 0 aromatic heterocycles. The lowest BCUT2D eigenvalue weighted by atomic mass is 10.2. The van der Waals surface area contributed by atoms with Crippen LogP contribution in [0.25, 0.3) is 0 Å². The van der Waals surface area contributed by atoms with E-state index in [1.54, 1.807) is 0 Å². The van der Waals surface area contributed by atoms with Gasteiger partial charge >= 0.3 is 0 Å². The van der Waals surface area contributed by atoms with Crippen molar-refractivity contribution in [1.82, 2.24) is 10.6 Å². The van der Waals surface area contributed by atoms with Crippen LogP contribution in [0.2, 0.25) is 0 Å². The molecule has 0 bridgehead atoms. The highest BCUT2D eigenvalue weighted by Crippen LogP contribution is 2.29. The average molecular weight is 258 g/mol. The lowest BCUT2D eigenvalue weighted by Gasteiger charge is -2.20. The second-order valence-corrected chi connectivity index (χ2v) is 6.72. The first-order valence-corrected chi connectivity index (χ1v) is 7.75. The largest absolute Gasteiger partial charge is 0.353 e. The SMILES string of the molecule is CCSC1CCC(NC(C)C(=O)NC(C)C)C1. The second kappa shape index (κ2) is 7.27. The predicted molar refractivity (Wildman–Crippen MR) is 75.4 cm³/mol. The van der Waals surface area contributed by atoms with Crippen molar-refractivity contribution in [3.8, 4) is 0 Å². The number of rotatable bonds is 6. The zero-order valence-electron chi connectivity index (χ0n) is 11.5. The van der Waals surface area contributed by atoms with Gasteiger partial charge in [0.15, 0.2) is 0 Å². The summed E-state index contributed by atoms with van der Waals surface area (Å²) in [5.41, 5.74) is 0. The monoisotopic (exact) mass is 258 g/mol. The number of carbonyl (C=O) groups is 1. The minimum atomic E-state index is -0.0761. The summed E-state index contributed by atoms with van der Waals surface area (Å²) in [7, 11) is 0. The molecule has 0 aromatic carbocycles. The Bertz CT molecular complexity index is 246. The Morgan fingerprint density at radius 1 is 1.35 bits per heavy atom. The van der Waals surface area contributed by atoms with Crippen molar-refractivity contribution < 1.29 is 4.79 Å². The van der Waals surface area contributed by atoms with Gasteiger partial charge in [-0.3, -0.25) is 4.79 Å². The maximum absolute atomic E-state index is 11.8. The topological polar surface area (TPSA) is 41.1 Å². The van der Waals surface area contributed by atoms with Gasteiger partial charge in [0.25, 0.3) is 0 Å². The number of carbonyl (C=O) groups excluding carboxylic acids is 1. The van der Waals surface area contributed by atoms with Gasteiger partial charge in [0, 0.05) is 17.3 Å². The van der Waals surface area contributed by atoms with E-state index in [9.17, 15) is 4.79 Å². The van der Waals surface area contributed by atoms with Crippen LogP contribution in [0.3, 0.4) is 0 Å². The molecule has 0 heterocycles. The van der Waals surface area contributed by atoms with Crippen molar-refractivity contribution in [3.05, 3.63) is 0 Å². The average Bonchev–Trinajstić information content (AvgIpc) is 2.65. The van der Waals surface area contributed by atoms with Gasteiger partial charge in [-0.2, -0.15) is 11.8 Å². The summed E-state index contributed by atoms with van der Waals surface area (Å²) in [6.45, 7) is 8.16. The first-order valence-electron chi connectivity index (χ1n) is 6.71. The van der Waals surface area contributed by atoms with Crippen LogP contribution in [0, 0.1) is 0 Å². The zero-order valence-corrected chi connectivity index (χ0v) is 12.3. The molecule has 0 aliphatic heterocycles. The molecule has 2 N–H and O–H groups in total. The fourth-order valence-corrected chi connectivity index (χ4v) is 3.46. The molecular formula is C13H26N2OS. The van der Waals surface area contributed by atoms with E-state index in [1.165, 1.54) is 25.0 Å². The molecule has 17 heavy (non-hydrogen) atoms. The molecule has 3 atom stereocenters. The first kappa shape index (κ1) is 14.8. The summed E-state index contributed by atoms with van der Waals surface area (Å²) in [4.78, 5) is 11.8. The van der Waals surface area contributed by atoms with Crippen LogP contribution in [0.4, 0.5) is 0 Å². The fraction of sp³-hybridized carbons (Fsp3) is 0.923. The van der Waals surface area contributed by atoms with E-state index in [1.807, 2.05) is 32.5 Å². The van der Waals surface area contributed by atoms with Gasteiger partial charge in [-0.1, -0.05) is 6.92 Å². The molecule has 0 aromatic rings. The van der Waals surface area contributed by atoms with Gasteiger partial charge in [0.2, 0.25) is 5.91 Å². The lowest BCUT2D eigenvalue weighted by Crippen LogP contribution is -2.47. The lowest BCUT2D eigenvalue weighted by molar-refractivity contribution is -0.123. The summed E-state index contributed by atoms with van der Waals surface area (Å²) in [5.74, 6) is 1.31. The maximum atomic E-state index is 11.8. The Hall–Kier alpha value is -0.220. The molecule has 0 saturated heterocycles. The van der Waals surface area contributed by atoms with Crippen LogP contribution in [0.5, 0.6) is 0 Å². The van der Waals surface area contributed by atoms with Crippen LogP contribution < -0.4 is 10.6 Å². The molecule has 1 fully saturated rings. The van der Waals surface area contributed by atoms with Crippen LogP contribution >= 0.6 is 11.8 Å². The van der Waals surface area contributed by atoms with E-state index in [0.29, 0.717) is 6.04 Å². The Morgan fingerprint density at radius 2 is 2.06 bits per heavy atom. The van der Waals surface area contributed by atoms with Crippen molar-refractivity contribution in [2.45, 2.75) is 70.3 Å². The summed E-state index contributed by atoms with van der Waals surface area (Å²) in [5, 5.41) is 7.18. The van der Waals surface area contributed by atoms with Crippen LogP contribution in [0.1, 0.15) is 47.0 Å². The molecule has 0 spiro atoms. The van der Waals surface area contributed by atoms with Crippen molar-refractivity contribution in [1.29, 1.82) is 0 Å². The molecule has 3 nitrogen and oxygen atoms in total. The van der Waals surface area contributed by atoms with Gasteiger partial charge < -0.3 is 10.6 Å².